The van der Waals surface area contributed by atoms with E-state index in [4.69, 9.17) is 4.74 Å². The number of ether oxygens (including phenoxy) is 2. The van der Waals surface area contributed by atoms with Gasteiger partial charge in [0.2, 0.25) is 0 Å². The second-order valence-electron chi connectivity index (χ2n) is 4.99. The summed E-state index contributed by atoms with van der Waals surface area (Å²) in [5, 5.41) is 7.20. The molecule has 0 fully saturated rings. The second-order valence-corrected chi connectivity index (χ2v) is 5.85. The average molecular weight is 343 g/mol. The first-order valence-corrected chi connectivity index (χ1v) is 8.13. The number of nitrogens with one attached hydrogen (secondary N) is 2. The molecule has 23 heavy (non-hydrogen) atoms. The summed E-state index contributed by atoms with van der Waals surface area (Å²) >= 11 is 1.28. The maximum Gasteiger partial charge on any atom is 0.413 e. The van der Waals surface area contributed by atoms with E-state index < -0.39 is 24.6 Å². The van der Waals surface area contributed by atoms with Crippen molar-refractivity contribution in [3.05, 3.63) is 11.1 Å². The van der Waals surface area contributed by atoms with Crippen molar-refractivity contribution in [3.8, 4) is 0 Å². The minimum Gasteiger partial charge on any atom is -0.451 e. The van der Waals surface area contributed by atoms with Gasteiger partial charge in [0.1, 0.15) is 0 Å². The molecular weight excluding hydrogens is 322 g/mol. The number of nitrogens with zero attached hydrogens (tertiary/aromatic N) is 1. The molecule has 0 spiro atoms. The van der Waals surface area contributed by atoms with Gasteiger partial charge in [0, 0.05) is 11.9 Å². The number of anilines is 1. The summed E-state index contributed by atoms with van der Waals surface area (Å²) in [5.41, 5.74) is 0.117. The number of carbonyl (C=O) groups is 3. The Balaban J connectivity index is 2.36. The molecular formula is C14H21N3O5S. The molecule has 0 radical (unpaired) electrons. The number of amides is 2. The topological polar surface area (TPSA) is 107 Å². The van der Waals surface area contributed by atoms with Crippen molar-refractivity contribution in [3.63, 3.8) is 0 Å². The normalized spacial score (nSPS) is 10.3. The van der Waals surface area contributed by atoms with Crippen LogP contribution in [0.4, 0.5) is 9.93 Å². The summed E-state index contributed by atoms with van der Waals surface area (Å²) in [6.45, 7) is 6.18. The van der Waals surface area contributed by atoms with Gasteiger partial charge in [-0.3, -0.25) is 10.1 Å². The molecule has 1 aromatic heterocycles. The van der Waals surface area contributed by atoms with Crippen molar-refractivity contribution in [2.45, 2.75) is 27.2 Å². The van der Waals surface area contributed by atoms with E-state index in [9.17, 15) is 14.4 Å². The van der Waals surface area contributed by atoms with Crippen LogP contribution < -0.4 is 10.6 Å². The lowest BCUT2D eigenvalue weighted by atomic mass is 10.1. The van der Waals surface area contributed by atoms with Crippen LogP contribution in [-0.4, -0.2) is 42.7 Å². The van der Waals surface area contributed by atoms with E-state index in [-0.39, 0.29) is 12.3 Å². The zero-order valence-corrected chi connectivity index (χ0v) is 14.2. The minimum atomic E-state index is -0.876. The molecule has 0 aliphatic carbocycles. The predicted octanol–water partition coefficient (Wildman–Crippen LogP) is 2.03. The number of aromatic nitrogens is 1. The molecule has 9 heteroatoms. The molecule has 0 saturated heterocycles. The standard InChI is InChI=1S/C14H21N3O5S/c1-4-21-14(20)17-11(18)7-22-12(19)10-8-23-13(16-10)15-6-5-9(2)3/h8-9H,4-7H2,1-3H3,(H,15,16)(H,17,18,20). The number of hydrogen-bond donors (Lipinski definition) is 2. The number of hydrogen-bond acceptors (Lipinski definition) is 8. The van der Waals surface area contributed by atoms with E-state index in [0.29, 0.717) is 11.0 Å². The molecule has 0 bridgehead atoms. The zero-order valence-electron chi connectivity index (χ0n) is 13.4. The van der Waals surface area contributed by atoms with Crippen LogP contribution in [0.5, 0.6) is 0 Å². The molecule has 0 saturated carbocycles. The Morgan fingerprint density at radius 2 is 2.04 bits per heavy atom. The first-order valence-electron chi connectivity index (χ1n) is 7.25. The number of esters is 1. The van der Waals surface area contributed by atoms with Gasteiger partial charge in [0.25, 0.3) is 5.91 Å². The maximum absolute atomic E-state index is 11.8. The number of carbonyl (C=O) groups excluding carboxylic acids is 3. The summed E-state index contributed by atoms with van der Waals surface area (Å²) in [7, 11) is 0. The quantitative estimate of drug-likeness (QED) is 0.695. The van der Waals surface area contributed by atoms with Gasteiger partial charge in [-0.2, -0.15) is 0 Å². The number of rotatable bonds is 8. The van der Waals surface area contributed by atoms with E-state index in [2.05, 4.69) is 28.9 Å². The summed E-state index contributed by atoms with van der Waals surface area (Å²) in [4.78, 5) is 38.2. The minimum absolute atomic E-state index is 0.117. The third-order valence-corrected chi connectivity index (χ3v) is 3.36. The highest BCUT2D eigenvalue weighted by Crippen LogP contribution is 2.16. The Labute approximate surface area is 138 Å². The van der Waals surface area contributed by atoms with E-state index in [1.165, 1.54) is 11.3 Å². The molecule has 128 valence electrons. The van der Waals surface area contributed by atoms with Gasteiger partial charge < -0.3 is 14.8 Å². The molecule has 0 atom stereocenters. The van der Waals surface area contributed by atoms with Crippen LogP contribution in [-0.2, 0) is 14.3 Å². The SMILES string of the molecule is CCOC(=O)NC(=O)COC(=O)c1csc(NCCC(C)C)n1. The van der Waals surface area contributed by atoms with Crippen LogP contribution in [0.15, 0.2) is 5.38 Å². The molecule has 0 aromatic carbocycles. The first kappa shape index (κ1) is 18.9. The lowest BCUT2D eigenvalue weighted by Crippen LogP contribution is -2.34. The Hall–Kier alpha value is -2.16. The van der Waals surface area contributed by atoms with Crippen molar-refractivity contribution >= 4 is 34.4 Å². The Bertz CT molecular complexity index is 544. The molecule has 1 heterocycles. The van der Waals surface area contributed by atoms with E-state index in [0.717, 1.165) is 13.0 Å². The lowest BCUT2D eigenvalue weighted by Gasteiger charge is -2.05. The predicted molar refractivity (Wildman–Crippen MR) is 85.5 cm³/mol. The Kier molecular flexibility index (Phi) is 8.03. The molecule has 2 amide bonds. The Morgan fingerprint density at radius 3 is 2.70 bits per heavy atom. The van der Waals surface area contributed by atoms with Crippen LogP contribution in [0.2, 0.25) is 0 Å². The third kappa shape index (κ3) is 7.59. The smallest absolute Gasteiger partial charge is 0.413 e. The van der Waals surface area contributed by atoms with E-state index in [1.54, 1.807) is 12.3 Å². The summed E-state index contributed by atoms with van der Waals surface area (Å²) in [5.74, 6) is -0.913. The van der Waals surface area contributed by atoms with Crippen LogP contribution >= 0.6 is 11.3 Å². The molecule has 0 aliphatic rings. The van der Waals surface area contributed by atoms with Gasteiger partial charge in [0.05, 0.1) is 6.61 Å². The fourth-order valence-corrected chi connectivity index (χ4v) is 2.15. The van der Waals surface area contributed by atoms with Crippen molar-refractivity contribution in [1.82, 2.24) is 10.3 Å². The average Bonchev–Trinajstić information content (AvgIpc) is 2.93. The zero-order chi connectivity index (χ0) is 17.2. The number of alkyl carbamates (subject to hydrolysis) is 1. The van der Waals surface area contributed by atoms with Crippen molar-refractivity contribution in [2.24, 2.45) is 5.92 Å². The fourth-order valence-electron chi connectivity index (χ4n) is 1.44. The van der Waals surface area contributed by atoms with Crippen LogP contribution in [0.25, 0.3) is 0 Å². The Morgan fingerprint density at radius 1 is 1.30 bits per heavy atom. The lowest BCUT2D eigenvalue weighted by molar-refractivity contribution is -0.123. The third-order valence-electron chi connectivity index (χ3n) is 2.56. The monoisotopic (exact) mass is 343 g/mol. The highest BCUT2D eigenvalue weighted by molar-refractivity contribution is 7.13. The second kappa shape index (κ2) is 9.78. The van der Waals surface area contributed by atoms with Crippen LogP contribution in [0.3, 0.4) is 0 Å². The number of thiazole rings is 1. The maximum atomic E-state index is 11.8. The van der Waals surface area contributed by atoms with Gasteiger partial charge in [0.15, 0.2) is 17.4 Å². The van der Waals surface area contributed by atoms with Gasteiger partial charge in [-0.25, -0.2) is 14.6 Å². The fraction of sp³-hybridized carbons (Fsp3) is 0.571. The molecule has 0 aliphatic heterocycles. The number of imide groups is 1. The van der Waals surface area contributed by atoms with E-state index in [1.807, 2.05) is 5.32 Å². The summed E-state index contributed by atoms with van der Waals surface area (Å²) in [6.07, 6.45) is 0.117. The summed E-state index contributed by atoms with van der Waals surface area (Å²) < 4.78 is 9.31. The van der Waals surface area contributed by atoms with Crippen LogP contribution in [0, 0.1) is 5.92 Å². The van der Waals surface area contributed by atoms with Crippen LogP contribution in [0.1, 0.15) is 37.7 Å². The van der Waals surface area contributed by atoms with Gasteiger partial charge in [-0.15, -0.1) is 11.3 Å². The van der Waals surface area contributed by atoms with Crippen molar-refractivity contribution < 1.29 is 23.9 Å². The van der Waals surface area contributed by atoms with Crippen molar-refractivity contribution in [2.75, 3.05) is 25.1 Å². The first-order chi connectivity index (χ1) is 10.9. The molecule has 8 nitrogen and oxygen atoms in total. The highest BCUT2D eigenvalue weighted by atomic mass is 32.1. The molecule has 1 rings (SSSR count). The molecule has 2 N–H and O–H groups in total. The molecule has 1 aromatic rings. The van der Waals surface area contributed by atoms with Crippen molar-refractivity contribution in [1.29, 1.82) is 0 Å². The van der Waals surface area contributed by atoms with E-state index >= 15 is 0 Å². The summed E-state index contributed by atoms with van der Waals surface area (Å²) in [6, 6.07) is 0. The highest BCUT2D eigenvalue weighted by Gasteiger charge is 2.15. The molecule has 0 unspecified atom stereocenters. The van der Waals surface area contributed by atoms with Gasteiger partial charge in [-0.1, -0.05) is 13.8 Å². The van der Waals surface area contributed by atoms with Gasteiger partial charge in [-0.05, 0) is 19.3 Å². The van der Waals surface area contributed by atoms with Gasteiger partial charge >= 0.3 is 12.1 Å². The largest absolute Gasteiger partial charge is 0.451 e.